The van der Waals surface area contributed by atoms with E-state index in [-0.39, 0.29) is 12.3 Å². The van der Waals surface area contributed by atoms with E-state index in [1.807, 2.05) is 0 Å². The Bertz CT molecular complexity index is 593. The standard InChI is InChI=1S/C15H12FNO2/c16-14-4-2-1-3-12(14)9-15(19)17-13-7-5-11(10-18)6-8-13/h1-8,10H,9H2,(H,17,19). The highest BCUT2D eigenvalue weighted by Gasteiger charge is 2.07. The van der Waals surface area contributed by atoms with Crippen LogP contribution in [0.2, 0.25) is 0 Å². The molecule has 0 saturated carbocycles. The van der Waals surface area contributed by atoms with Crippen molar-refractivity contribution in [2.24, 2.45) is 0 Å². The number of hydrogen-bond donors (Lipinski definition) is 1. The summed E-state index contributed by atoms with van der Waals surface area (Å²) < 4.78 is 13.4. The number of carbonyl (C=O) groups excluding carboxylic acids is 2. The molecule has 0 bridgehead atoms. The molecule has 4 heteroatoms. The lowest BCUT2D eigenvalue weighted by molar-refractivity contribution is -0.115. The number of carbonyl (C=O) groups is 2. The van der Waals surface area contributed by atoms with Crippen molar-refractivity contribution >= 4 is 17.9 Å². The molecule has 96 valence electrons. The van der Waals surface area contributed by atoms with Gasteiger partial charge in [0, 0.05) is 11.3 Å². The van der Waals surface area contributed by atoms with Crippen LogP contribution in [0.3, 0.4) is 0 Å². The Morgan fingerprint density at radius 2 is 1.79 bits per heavy atom. The van der Waals surface area contributed by atoms with Gasteiger partial charge >= 0.3 is 0 Å². The zero-order valence-corrected chi connectivity index (χ0v) is 10.1. The average molecular weight is 257 g/mol. The summed E-state index contributed by atoms with van der Waals surface area (Å²) in [7, 11) is 0. The maximum absolute atomic E-state index is 13.4. The second-order valence-electron chi connectivity index (χ2n) is 4.06. The van der Waals surface area contributed by atoms with Crippen LogP contribution in [0.1, 0.15) is 15.9 Å². The van der Waals surface area contributed by atoms with E-state index in [1.54, 1.807) is 42.5 Å². The van der Waals surface area contributed by atoms with E-state index >= 15 is 0 Å². The number of aldehydes is 1. The highest BCUT2D eigenvalue weighted by molar-refractivity contribution is 5.92. The van der Waals surface area contributed by atoms with Gasteiger partial charge in [0.1, 0.15) is 12.1 Å². The first kappa shape index (κ1) is 13.0. The molecule has 1 N–H and O–H groups in total. The monoisotopic (exact) mass is 257 g/mol. The second-order valence-corrected chi connectivity index (χ2v) is 4.06. The molecule has 2 aromatic rings. The minimum Gasteiger partial charge on any atom is -0.326 e. The van der Waals surface area contributed by atoms with E-state index in [4.69, 9.17) is 0 Å². The fourth-order valence-corrected chi connectivity index (χ4v) is 1.66. The molecule has 0 atom stereocenters. The summed E-state index contributed by atoms with van der Waals surface area (Å²) in [6.45, 7) is 0. The third-order valence-electron chi connectivity index (χ3n) is 2.64. The van der Waals surface area contributed by atoms with Crippen molar-refractivity contribution in [2.75, 3.05) is 5.32 Å². The van der Waals surface area contributed by atoms with Crippen molar-refractivity contribution in [3.8, 4) is 0 Å². The van der Waals surface area contributed by atoms with Crippen LogP contribution in [0.4, 0.5) is 10.1 Å². The van der Waals surface area contributed by atoms with E-state index in [0.717, 1.165) is 6.29 Å². The molecule has 1 amide bonds. The van der Waals surface area contributed by atoms with Crippen LogP contribution in [0, 0.1) is 5.82 Å². The highest BCUT2D eigenvalue weighted by Crippen LogP contribution is 2.11. The lowest BCUT2D eigenvalue weighted by Crippen LogP contribution is -2.15. The first-order chi connectivity index (χ1) is 9.19. The SMILES string of the molecule is O=Cc1ccc(NC(=O)Cc2ccccc2F)cc1. The zero-order valence-electron chi connectivity index (χ0n) is 10.1. The van der Waals surface area contributed by atoms with Crippen LogP contribution in [0.5, 0.6) is 0 Å². The summed E-state index contributed by atoms with van der Waals surface area (Å²) in [5.74, 6) is -0.696. The molecule has 0 unspecified atom stereocenters. The molecule has 0 aliphatic heterocycles. The Kier molecular flexibility index (Phi) is 4.03. The minimum atomic E-state index is -0.394. The molecule has 0 aliphatic carbocycles. The summed E-state index contributed by atoms with van der Waals surface area (Å²) in [5.41, 5.74) is 1.46. The number of nitrogens with one attached hydrogen (secondary N) is 1. The van der Waals surface area contributed by atoms with E-state index in [0.29, 0.717) is 16.8 Å². The predicted octanol–water partition coefficient (Wildman–Crippen LogP) is 2.82. The molecule has 0 fully saturated rings. The van der Waals surface area contributed by atoms with Crippen molar-refractivity contribution in [1.82, 2.24) is 0 Å². The topological polar surface area (TPSA) is 46.2 Å². The highest BCUT2D eigenvalue weighted by atomic mass is 19.1. The van der Waals surface area contributed by atoms with E-state index < -0.39 is 5.82 Å². The smallest absolute Gasteiger partial charge is 0.228 e. The molecule has 0 aliphatic rings. The maximum atomic E-state index is 13.4. The van der Waals surface area contributed by atoms with Gasteiger partial charge in [0.2, 0.25) is 5.91 Å². The van der Waals surface area contributed by atoms with Crippen LogP contribution in [0.25, 0.3) is 0 Å². The van der Waals surface area contributed by atoms with Gasteiger partial charge in [0.15, 0.2) is 0 Å². The Hall–Kier alpha value is -2.49. The van der Waals surface area contributed by atoms with Crippen LogP contribution < -0.4 is 5.32 Å². The molecule has 0 aromatic heterocycles. The summed E-state index contributed by atoms with van der Waals surface area (Å²) in [4.78, 5) is 22.2. The van der Waals surface area contributed by atoms with Crippen LogP contribution in [-0.2, 0) is 11.2 Å². The van der Waals surface area contributed by atoms with E-state index in [9.17, 15) is 14.0 Å². The molecule has 2 rings (SSSR count). The molecule has 0 saturated heterocycles. The summed E-state index contributed by atoms with van der Waals surface area (Å²) in [5, 5.41) is 2.65. The maximum Gasteiger partial charge on any atom is 0.228 e. The number of rotatable bonds is 4. The predicted molar refractivity (Wildman–Crippen MR) is 70.6 cm³/mol. The van der Waals surface area contributed by atoms with Gasteiger partial charge in [-0.15, -0.1) is 0 Å². The zero-order chi connectivity index (χ0) is 13.7. The number of hydrogen-bond acceptors (Lipinski definition) is 2. The molecule has 0 radical (unpaired) electrons. The average Bonchev–Trinajstić information content (AvgIpc) is 2.42. The Morgan fingerprint density at radius 3 is 2.42 bits per heavy atom. The number of halogens is 1. The van der Waals surface area contributed by atoms with Crippen LogP contribution in [0.15, 0.2) is 48.5 Å². The fraction of sp³-hybridized carbons (Fsp3) is 0.0667. The number of benzene rings is 2. The number of amides is 1. The van der Waals surface area contributed by atoms with Gasteiger partial charge in [-0.05, 0) is 35.9 Å². The molecule has 19 heavy (non-hydrogen) atoms. The molecular weight excluding hydrogens is 245 g/mol. The van der Waals surface area contributed by atoms with Crippen molar-refractivity contribution in [3.63, 3.8) is 0 Å². The largest absolute Gasteiger partial charge is 0.326 e. The first-order valence-electron chi connectivity index (χ1n) is 5.77. The van der Waals surface area contributed by atoms with Crippen molar-refractivity contribution < 1.29 is 14.0 Å². The van der Waals surface area contributed by atoms with Crippen molar-refractivity contribution in [2.45, 2.75) is 6.42 Å². The molecule has 2 aromatic carbocycles. The van der Waals surface area contributed by atoms with Crippen molar-refractivity contribution in [1.29, 1.82) is 0 Å². The normalized spacial score (nSPS) is 9.95. The minimum absolute atomic E-state index is 0.0257. The van der Waals surface area contributed by atoms with Crippen LogP contribution >= 0.6 is 0 Å². The van der Waals surface area contributed by atoms with Gasteiger partial charge in [0.05, 0.1) is 6.42 Å². The Balaban J connectivity index is 2.01. The molecule has 0 heterocycles. The summed E-state index contributed by atoms with van der Waals surface area (Å²) >= 11 is 0. The van der Waals surface area contributed by atoms with Gasteiger partial charge in [-0.25, -0.2) is 4.39 Å². The van der Waals surface area contributed by atoms with Gasteiger partial charge in [0.25, 0.3) is 0 Å². The Labute approximate surface area is 110 Å². The van der Waals surface area contributed by atoms with Gasteiger partial charge in [-0.2, -0.15) is 0 Å². The molecular formula is C15H12FNO2. The fourth-order valence-electron chi connectivity index (χ4n) is 1.66. The van der Waals surface area contributed by atoms with E-state index in [1.165, 1.54) is 6.07 Å². The number of anilines is 1. The lowest BCUT2D eigenvalue weighted by Gasteiger charge is -2.06. The third-order valence-corrected chi connectivity index (χ3v) is 2.64. The van der Waals surface area contributed by atoms with Gasteiger partial charge in [-0.3, -0.25) is 9.59 Å². The Morgan fingerprint density at radius 1 is 1.11 bits per heavy atom. The first-order valence-corrected chi connectivity index (χ1v) is 5.77. The quantitative estimate of drug-likeness (QED) is 0.856. The van der Waals surface area contributed by atoms with E-state index in [2.05, 4.69) is 5.32 Å². The van der Waals surface area contributed by atoms with Crippen molar-refractivity contribution in [3.05, 3.63) is 65.5 Å². The third kappa shape index (κ3) is 3.48. The second kappa shape index (κ2) is 5.91. The van der Waals surface area contributed by atoms with Crippen LogP contribution in [-0.4, -0.2) is 12.2 Å². The lowest BCUT2D eigenvalue weighted by atomic mass is 10.1. The summed E-state index contributed by atoms with van der Waals surface area (Å²) in [6, 6.07) is 12.6. The van der Waals surface area contributed by atoms with Gasteiger partial charge < -0.3 is 5.32 Å². The van der Waals surface area contributed by atoms with Gasteiger partial charge in [-0.1, -0.05) is 18.2 Å². The molecule has 0 spiro atoms. The summed E-state index contributed by atoms with van der Waals surface area (Å²) in [6.07, 6.45) is 0.701. The molecule has 3 nitrogen and oxygen atoms in total.